The molecule has 0 aromatic heterocycles. The highest BCUT2D eigenvalue weighted by Crippen LogP contribution is 2.36. The Hall–Kier alpha value is -2.09. The fraction of sp³-hybridized carbons (Fsp3) is 0.654. The molecule has 0 saturated carbocycles. The van der Waals surface area contributed by atoms with E-state index < -0.39 is 0 Å². The third-order valence-corrected chi connectivity index (χ3v) is 8.00. The second kappa shape index (κ2) is 10.9. The number of nitrogens with zero attached hydrogens (tertiary/aromatic N) is 2. The summed E-state index contributed by atoms with van der Waals surface area (Å²) in [6.45, 7) is 7.34. The van der Waals surface area contributed by atoms with E-state index in [4.69, 9.17) is 4.74 Å². The first-order chi connectivity index (χ1) is 16.1. The van der Waals surface area contributed by atoms with Crippen molar-refractivity contribution in [1.82, 2.24) is 10.3 Å². The van der Waals surface area contributed by atoms with Gasteiger partial charge in [0.25, 0.3) is 0 Å². The number of aldehydes is 1. The Morgan fingerprint density at radius 3 is 2.36 bits per heavy atom. The summed E-state index contributed by atoms with van der Waals surface area (Å²) < 4.78 is 5.55. The van der Waals surface area contributed by atoms with E-state index in [1.165, 1.54) is 12.8 Å². The predicted molar refractivity (Wildman–Crippen MR) is 125 cm³/mol. The van der Waals surface area contributed by atoms with E-state index in [9.17, 15) is 14.4 Å². The number of hydrogen-bond donors (Lipinski definition) is 1. The summed E-state index contributed by atoms with van der Waals surface area (Å²) in [5.41, 5.74) is 1.16. The monoisotopic (exact) mass is 456 g/mol. The standard InChI is InChI=1S/C26H38N3O4/c1-2-33-26(32)24-4-3-17-29(18-24,25(31)23-7-5-20(19-30)6-8-23)28-15-11-22(12-16-28)21-9-13-27-14-10-21/h5-8,19,21-22,24,27H,2-4,9-18H2,1H3/q+1. The highest BCUT2D eigenvalue weighted by Gasteiger charge is 2.50. The molecule has 7 heteroatoms. The molecule has 3 heterocycles. The number of rotatable bonds is 6. The van der Waals surface area contributed by atoms with E-state index in [0.717, 1.165) is 70.0 Å². The van der Waals surface area contributed by atoms with Crippen molar-refractivity contribution in [3.63, 3.8) is 0 Å². The van der Waals surface area contributed by atoms with Crippen LogP contribution in [-0.2, 0) is 9.53 Å². The summed E-state index contributed by atoms with van der Waals surface area (Å²) in [5.74, 6) is 1.08. The van der Waals surface area contributed by atoms with Gasteiger partial charge in [-0.15, -0.1) is 5.01 Å². The first kappa shape index (κ1) is 24.0. The second-order valence-corrected chi connectivity index (χ2v) is 9.84. The number of carbonyl (C=O) groups is 3. The Labute approximate surface area is 197 Å². The van der Waals surface area contributed by atoms with Crippen LogP contribution in [0, 0.1) is 17.8 Å². The first-order valence-electron chi connectivity index (χ1n) is 12.7. The van der Waals surface area contributed by atoms with Gasteiger partial charge in [-0.25, -0.2) is 4.79 Å². The van der Waals surface area contributed by atoms with E-state index in [2.05, 4.69) is 10.3 Å². The van der Waals surface area contributed by atoms with Gasteiger partial charge in [0.2, 0.25) is 0 Å². The van der Waals surface area contributed by atoms with Crippen LogP contribution < -0.4 is 5.32 Å². The molecule has 3 fully saturated rings. The number of ether oxygens (including phenoxy) is 1. The molecule has 33 heavy (non-hydrogen) atoms. The molecule has 3 aliphatic rings. The second-order valence-electron chi connectivity index (χ2n) is 9.84. The summed E-state index contributed by atoms with van der Waals surface area (Å²) in [5, 5.41) is 5.80. The molecule has 0 spiro atoms. The summed E-state index contributed by atoms with van der Waals surface area (Å²) in [7, 11) is 0. The lowest BCUT2D eigenvalue weighted by Gasteiger charge is -2.50. The van der Waals surface area contributed by atoms with Gasteiger partial charge in [0.1, 0.15) is 25.3 Å². The van der Waals surface area contributed by atoms with Crippen LogP contribution >= 0.6 is 0 Å². The zero-order chi connectivity index (χ0) is 23.3. The topological polar surface area (TPSA) is 75.7 Å². The number of nitrogens with one attached hydrogen (secondary N) is 1. The molecule has 0 radical (unpaired) electrons. The normalized spacial score (nSPS) is 27.7. The number of quaternary nitrogens is 1. The van der Waals surface area contributed by atoms with Gasteiger partial charge in [0, 0.05) is 18.7 Å². The quantitative estimate of drug-likeness (QED) is 0.403. The van der Waals surface area contributed by atoms with Crippen molar-refractivity contribution < 1.29 is 23.7 Å². The van der Waals surface area contributed by atoms with Crippen LogP contribution in [0.2, 0.25) is 0 Å². The number of benzene rings is 1. The number of esters is 1. The van der Waals surface area contributed by atoms with Crippen LogP contribution in [0.4, 0.5) is 0 Å². The van der Waals surface area contributed by atoms with Crippen LogP contribution in [0.3, 0.4) is 0 Å². The van der Waals surface area contributed by atoms with E-state index in [0.29, 0.717) is 30.8 Å². The fourth-order valence-corrected chi connectivity index (χ4v) is 6.17. The van der Waals surface area contributed by atoms with Crippen molar-refractivity contribution >= 4 is 18.2 Å². The molecule has 0 aliphatic carbocycles. The summed E-state index contributed by atoms with van der Waals surface area (Å²) in [6, 6.07) is 6.91. The zero-order valence-corrected chi connectivity index (χ0v) is 19.8. The van der Waals surface area contributed by atoms with Crippen molar-refractivity contribution in [3.05, 3.63) is 35.4 Å². The molecule has 0 bridgehead atoms. The summed E-state index contributed by atoms with van der Waals surface area (Å²) in [6.07, 6.45) is 7.08. The van der Waals surface area contributed by atoms with E-state index in [1.807, 2.05) is 6.92 Å². The summed E-state index contributed by atoms with van der Waals surface area (Å²) >= 11 is 0. The molecule has 3 saturated heterocycles. The lowest BCUT2D eigenvalue weighted by Crippen LogP contribution is -2.69. The average molecular weight is 457 g/mol. The molecule has 1 aromatic rings. The predicted octanol–water partition coefficient (Wildman–Crippen LogP) is 3.06. The third kappa shape index (κ3) is 5.20. The molecule has 1 amide bonds. The minimum Gasteiger partial charge on any atom is -0.466 e. The van der Waals surface area contributed by atoms with Crippen LogP contribution in [0.5, 0.6) is 0 Å². The molecule has 1 N–H and O–H groups in total. The lowest BCUT2D eigenvalue weighted by molar-refractivity contribution is -0.972. The van der Waals surface area contributed by atoms with Crippen LogP contribution in [0.25, 0.3) is 0 Å². The van der Waals surface area contributed by atoms with Gasteiger partial charge in [0.15, 0.2) is 0 Å². The lowest BCUT2D eigenvalue weighted by atomic mass is 9.79. The Morgan fingerprint density at radius 2 is 1.73 bits per heavy atom. The van der Waals surface area contributed by atoms with Gasteiger partial charge in [-0.2, -0.15) is 4.59 Å². The molecule has 7 nitrogen and oxygen atoms in total. The van der Waals surface area contributed by atoms with Crippen molar-refractivity contribution in [2.45, 2.75) is 45.4 Å². The van der Waals surface area contributed by atoms with Crippen molar-refractivity contribution in [3.8, 4) is 0 Å². The minimum atomic E-state index is -0.265. The molecular formula is C26H38N3O4+. The Kier molecular flexibility index (Phi) is 7.94. The Morgan fingerprint density at radius 1 is 1.06 bits per heavy atom. The van der Waals surface area contributed by atoms with E-state index in [-0.39, 0.29) is 22.4 Å². The highest BCUT2D eigenvalue weighted by molar-refractivity contribution is 5.90. The van der Waals surface area contributed by atoms with Crippen molar-refractivity contribution in [1.29, 1.82) is 0 Å². The Balaban J connectivity index is 1.56. The van der Waals surface area contributed by atoms with Crippen molar-refractivity contribution in [2.24, 2.45) is 17.8 Å². The molecule has 2 unspecified atom stereocenters. The molecule has 180 valence electrons. The van der Waals surface area contributed by atoms with Crippen LogP contribution in [0.1, 0.15) is 66.2 Å². The number of amides is 1. The summed E-state index contributed by atoms with van der Waals surface area (Å²) in [4.78, 5) is 37.8. The number of hydrogen-bond acceptors (Lipinski definition) is 6. The smallest absolute Gasteiger partial charge is 0.365 e. The average Bonchev–Trinajstić information content (AvgIpc) is 2.89. The largest absolute Gasteiger partial charge is 0.466 e. The maximum Gasteiger partial charge on any atom is 0.365 e. The van der Waals surface area contributed by atoms with Gasteiger partial charge in [-0.05, 0) is 82.5 Å². The maximum atomic E-state index is 14.0. The number of likely N-dealkylation sites (tertiary alicyclic amines) is 1. The molecule has 2 atom stereocenters. The molecule has 1 aromatic carbocycles. The van der Waals surface area contributed by atoms with Crippen molar-refractivity contribution in [2.75, 3.05) is 45.9 Å². The van der Waals surface area contributed by atoms with Crippen LogP contribution in [-0.4, -0.2) is 73.6 Å². The van der Waals surface area contributed by atoms with Gasteiger partial charge in [0.05, 0.1) is 12.2 Å². The van der Waals surface area contributed by atoms with Gasteiger partial charge >= 0.3 is 11.9 Å². The third-order valence-electron chi connectivity index (χ3n) is 8.00. The molecule has 4 rings (SSSR count). The SMILES string of the molecule is CCOC(=O)C1CCC[N+](C(=O)c2ccc(C=O)cc2)(N2CCC(C3CCNCC3)CC2)C1. The minimum absolute atomic E-state index is 0.0294. The van der Waals surface area contributed by atoms with Gasteiger partial charge in [-0.3, -0.25) is 9.59 Å². The molecular weight excluding hydrogens is 418 g/mol. The number of piperidine rings is 3. The zero-order valence-electron chi connectivity index (χ0n) is 19.8. The number of carbonyl (C=O) groups excluding carboxylic acids is 3. The van der Waals surface area contributed by atoms with Gasteiger partial charge in [-0.1, -0.05) is 12.1 Å². The Bertz CT molecular complexity index is 828. The van der Waals surface area contributed by atoms with E-state index in [1.54, 1.807) is 24.3 Å². The molecule has 3 aliphatic heterocycles. The van der Waals surface area contributed by atoms with E-state index >= 15 is 0 Å². The van der Waals surface area contributed by atoms with Gasteiger partial charge < -0.3 is 10.1 Å². The fourth-order valence-electron chi connectivity index (χ4n) is 6.17. The van der Waals surface area contributed by atoms with Crippen LogP contribution in [0.15, 0.2) is 24.3 Å². The highest BCUT2D eigenvalue weighted by atomic mass is 16.5. The maximum absolute atomic E-state index is 14.0. The first-order valence-corrected chi connectivity index (χ1v) is 12.7.